The zero-order valence-electron chi connectivity index (χ0n) is 26.4. The summed E-state index contributed by atoms with van der Waals surface area (Å²) in [5.74, 6) is 4.46. The molecule has 2 aromatic heterocycles. The monoisotopic (exact) mass is 614 g/mol. The number of aromatic nitrogens is 4. The van der Waals surface area contributed by atoms with Gasteiger partial charge in [-0.2, -0.15) is 4.98 Å². The van der Waals surface area contributed by atoms with E-state index >= 15 is 0 Å². The maximum atomic E-state index is 12.0. The predicted molar refractivity (Wildman–Crippen MR) is 172 cm³/mol. The highest BCUT2D eigenvalue weighted by Crippen LogP contribution is 2.42. The minimum atomic E-state index is -0.624. The predicted octanol–water partition coefficient (Wildman–Crippen LogP) is 5.63. The maximum Gasteiger partial charge on any atom is 0.427 e. The van der Waals surface area contributed by atoms with E-state index < -0.39 is 12.3 Å². The van der Waals surface area contributed by atoms with Crippen molar-refractivity contribution in [3.8, 4) is 0 Å². The van der Waals surface area contributed by atoms with E-state index in [9.17, 15) is 4.79 Å². The van der Waals surface area contributed by atoms with Gasteiger partial charge in [0.05, 0.1) is 19.3 Å². The second kappa shape index (κ2) is 12.4. The lowest BCUT2D eigenvalue weighted by Crippen LogP contribution is -2.47. The molecule has 3 aromatic rings. The number of piperidine rings is 1. The Labute approximate surface area is 265 Å². The average molecular weight is 615 g/mol. The number of hydrogen-bond donors (Lipinski definition) is 2. The summed E-state index contributed by atoms with van der Waals surface area (Å²) in [6, 6.07) is 11.2. The molecule has 0 radical (unpaired) electrons. The number of ether oxygens (including phenoxy) is 1. The third-order valence-corrected chi connectivity index (χ3v) is 11.0. The average Bonchev–Trinajstić information content (AvgIpc) is 3.65. The Hall–Kier alpha value is -3.44. The van der Waals surface area contributed by atoms with Crippen LogP contribution in [0.5, 0.6) is 0 Å². The first-order chi connectivity index (χ1) is 22.1. The number of benzene rings is 1. The van der Waals surface area contributed by atoms with Crippen LogP contribution in [0, 0.1) is 17.8 Å². The van der Waals surface area contributed by atoms with E-state index in [-0.39, 0.29) is 6.04 Å². The number of nitrogens with one attached hydrogen (secondary N) is 2. The standard InChI is InChI=1S/C34H46N8O3/c1-22-13-15-23(16-14-22)20-42-28-29(37-33(42)41-18-19-44-21-27(41)25-8-3-2-4-9-25)35-30(31-38-34(43)45-39-31)36-32(28)40-17-6-5-12-26(40)24-10-7-11-24/h2-4,8-9,22-24,26-27,31,39H,5-7,10-21H2,1H3,(H,38,43)/t22?,23?,26?,27-,31?/m0/s1. The minimum absolute atomic E-state index is 0.0552. The summed E-state index contributed by atoms with van der Waals surface area (Å²) < 4.78 is 8.53. The van der Waals surface area contributed by atoms with Gasteiger partial charge in [-0.15, -0.1) is 5.48 Å². The van der Waals surface area contributed by atoms with Gasteiger partial charge in [-0.1, -0.05) is 56.5 Å². The van der Waals surface area contributed by atoms with Gasteiger partial charge in [0, 0.05) is 25.7 Å². The molecule has 3 atom stereocenters. The Morgan fingerprint density at radius 1 is 0.911 bits per heavy atom. The number of fused-ring (bicyclic) bond motifs is 1. The summed E-state index contributed by atoms with van der Waals surface area (Å²) in [4.78, 5) is 37.8. The molecule has 11 heteroatoms. The molecule has 8 rings (SSSR count). The van der Waals surface area contributed by atoms with Gasteiger partial charge >= 0.3 is 6.09 Å². The Balaban J connectivity index is 1.30. The van der Waals surface area contributed by atoms with E-state index in [1.54, 1.807) is 0 Å². The van der Waals surface area contributed by atoms with Crippen molar-refractivity contribution in [1.29, 1.82) is 0 Å². The fraction of sp³-hybridized carbons (Fsp3) is 0.647. The van der Waals surface area contributed by atoms with Gasteiger partial charge in [-0.05, 0) is 68.3 Å². The van der Waals surface area contributed by atoms with Crippen molar-refractivity contribution in [2.45, 2.75) is 95.9 Å². The van der Waals surface area contributed by atoms with Crippen LogP contribution in [0.3, 0.4) is 0 Å². The van der Waals surface area contributed by atoms with Crippen molar-refractivity contribution in [3.05, 3.63) is 41.7 Å². The van der Waals surface area contributed by atoms with E-state index in [1.165, 1.54) is 63.4 Å². The number of carbonyl (C=O) groups is 1. The molecule has 3 saturated heterocycles. The van der Waals surface area contributed by atoms with Crippen molar-refractivity contribution in [1.82, 2.24) is 30.3 Å². The van der Waals surface area contributed by atoms with E-state index in [0.717, 1.165) is 49.3 Å². The molecule has 45 heavy (non-hydrogen) atoms. The maximum absolute atomic E-state index is 12.0. The first kappa shape index (κ1) is 29.0. The summed E-state index contributed by atoms with van der Waals surface area (Å²) >= 11 is 0. The Morgan fingerprint density at radius 2 is 1.76 bits per heavy atom. The van der Waals surface area contributed by atoms with Gasteiger partial charge in [0.2, 0.25) is 5.95 Å². The third-order valence-electron chi connectivity index (χ3n) is 11.0. The number of morpholine rings is 1. The number of amides is 1. The molecule has 3 aliphatic heterocycles. The fourth-order valence-electron chi connectivity index (χ4n) is 8.25. The molecule has 2 aliphatic carbocycles. The molecule has 1 amide bonds. The van der Waals surface area contributed by atoms with Crippen LogP contribution < -0.4 is 20.6 Å². The molecule has 5 heterocycles. The SMILES string of the molecule is CC1CCC(Cn2c(N3CCOC[C@H]3c3ccccc3)nc3nc(C4NOC(=O)N4)nc(N4CCCCC4C4CCC4)c32)CC1. The molecule has 2 N–H and O–H groups in total. The highest BCUT2D eigenvalue weighted by molar-refractivity contribution is 5.87. The molecule has 2 saturated carbocycles. The van der Waals surface area contributed by atoms with Crippen LogP contribution in [-0.4, -0.2) is 58.0 Å². The highest BCUT2D eigenvalue weighted by Gasteiger charge is 2.39. The minimum Gasteiger partial charge on any atom is -0.377 e. The van der Waals surface area contributed by atoms with Gasteiger partial charge in [0.25, 0.3) is 0 Å². The Kier molecular flexibility index (Phi) is 7.99. The zero-order chi connectivity index (χ0) is 30.3. The molecule has 0 bridgehead atoms. The topological polar surface area (TPSA) is 110 Å². The second-order valence-corrected chi connectivity index (χ2v) is 14.0. The van der Waals surface area contributed by atoms with Crippen molar-refractivity contribution >= 4 is 29.0 Å². The molecular weight excluding hydrogens is 568 g/mol. The molecule has 11 nitrogen and oxygen atoms in total. The summed E-state index contributed by atoms with van der Waals surface area (Å²) in [5, 5.41) is 2.83. The molecule has 5 aliphatic rings. The van der Waals surface area contributed by atoms with Gasteiger partial charge < -0.3 is 23.9 Å². The first-order valence-electron chi connectivity index (χ1n) is 17.3. The van der Waals surface area contributed by atoms with Gasteiger partial charge in [0.15, 0.2) is 23.5 Å². The molecule has 240 valence electrons. The quantitative estimate of drug-likeness (QED) is 0.350. The van der Waals surface area contributed by atoms with Crippen LogP contribution >= 0.6 is 0 Å². The number of nitrogens with zero attached hydrogens (tertiary/aromatic N) is 6. The van der Waals surface area contributed by atoms with Crippen LogP contribution in [0.2, 0.25) is 0 Å². The van der Waals surface area contributed by atoms with Crippen molar-refractivity contribution in [3.63, 3.8) is 0 Å². The Bertz CT molecular complexity index is 1500. The van der Waals surface area contributed by atoms with Gasteiger partial charge in [-0.3, -0.25) is 5.32 Å². The largest absolute Gasteiger partial charge is 0.427 e. The van der Waals surface area contributed by atoms with Crippen LogP contribution in [0.25, 0.3) is 11.2 Å². The number of hydroxylamine groups is 1. The van der Waals surface area contributed by atoms with Crippen molar-refractivity contribution in [2.24, 2.45) is 17.8 Å². The van der Waals surface area contributed by atoms with Crippen LogP contribution in [0.4, 0.5) is 16.6 Å². The number of hydrogen-bond acceptors (Lipinski definition) is 9. The van der Waals surface area contributed by atoms with Crippen LogP contribution in [0.1, 0.15) is 94.7 Å². The molecule has 1 aromatic carbocycles. The van der Waals surface area contributed by atoms with E-state index in [1.807, 2.05) is 0 Å². The summed E-state index contributed by atoms with van der Waals surface area (Å²) in [6.07, 6.45) is 11.3. The third kappa shape index (κ3) is 5.62. The van der Waals surface area contributed by atoms with Crippen LogP contribution in [0.15, 0.2) is 30.3 Å². The number of rotatable bonds is 7. The molecule has 2 unspecified atom stereocenters. The Morgan fingerprint density at radius 3 is 2.51 bits per heavy atom. The first-order valence-corrected chi connectivity index (χ1v) is 17.3. The summed E-state index contributed by atoms with van der Waals surface area (Å²) in [7, 11) is 0. The summed E-state index contributed by atoms with van der Waals surface area (Å²) in [6.45, 7) is 6.28. The highest BCUT2D eigenvalue weighted by atomic mass is 16.7. The van der Waals surface area contributed by atoms with E-state index in [0.29, 0.717) is 42.6 Å². The number of imidazole rings is 1. The number of carbonyl (C=O) groups excluding carboxylic acids is 1. The number of anilines is 2. The lowest BCUT2D eigenvalue weighted by Gasteiger charge is -2.45. The van der Waals surface area contributed by atoms with Crippen molar-refractivity contribution in [2.75, 3.05) is 36.1 Å². The zero-order valence-corrected chi connectivity index (χ0v) is 26.4. The normalized spacial score (nSPS) is 29.4. The smallest absolute Gasteiger partial charge is 0.377 e. The van der Waals surface area contributed by atoms with Gasteiger partial charge in [-0.25, -0.2) is 14.8 Å². The molecule has 5 fully saturated rings. The van der Waals surface area contributed by atoms with Crippen molar-refractivity contribution < 1.29 is 14.4 Å². The second-order valence-electron chi connectivity index (χ2n) is 14.0. The molecule has 0 spiro atoms. The lowest BCUT2D eigenvalue weighted by molar-refractivity contribution is 0.0927. The van der Waals surface area contributed by atoms with E-state index in [4.69, 9.17) is 24.5 Å². The fourth-order valence-corrected chi connectivity index (χ4v) is 8.25. The van der Waals surface area contributed by atoms with Crippen LogP contribution in [-0.2, 0) is 16.1 Å². The van der Waals surface area contributed by atoms with E-state index in [2.05, 4.69) is 62.4 Å². The lowest BCUT2D eigenvalue weighted by atomic mass is 9.76. The summed E-state index contributed by atoms with van der Waals surface area (Å²) in [5.41, 5.74) is 5.74. The molecular formula is C34H46N8O3. The van der Waals surface area contributed by atoms with Gasteiger partial charge in [0.1, 0.15) is 5.52 Å².